The van der Waals surface area contributed by atoms with E-state index in [2.05, 4.69) is 31.3 Å². The molecule has 1 heterocycles. The molecular formula is C16H29NO2S. The lowest BCUT2D eigenvalue weighted by Crippen LogP contribution is -2.32. The van der Waals surface area contributed by atoms with Crippen LogP contribution in [0.25, 0.3) is 0 Å². The molecule has 0 fully saturated rings. The average Bonchev–Trinajstić information content (AvgIpc) is 2.92. The van der Waals surface area contributed by atoms with Gasteiger partial charge in [0.05, 0.1) is 13.2 Å². The average molecular weight is 299 g/mol. The molecule has 0 saturated heterocycles. The number of nitrogens with one attached hydrogen (secondary N) is 1. The van der Waals surface area contributed by atoms with E-state index < -0.39 is 0 Å². The highest BCUT2D eigenvalue weighted by molar-refractivity contribution is 7.11. The summed E-state index contributed by atoms with van der Waals surface area (Å²) in [6.45, 7) is 7.67. The first-order valence-electron chi connectivity index (χ1n) is 7.67. The summed E-state index contributed by atoms with van der Waals surface area (Å²) in [6, 6.07) is 5.04. The first-order chi connectivity index (χ1) is 9.80. The fourth-order valence-corrected chi connectivity index (χ4v) is 3.10. The van der Waals surface area contributed by atoms with E-state index >= 15 is 0 Å². The van der Waals surface area contributed by atoms with Crippen LogP contribution in [0.3, 0.4) is 0 Å². The minimum absolute atomic E-state index is 0.515. The third kappa shape index (κ3) is 7.39. The monoisotopic (exact) mass is 299 g/mol. The Bertz CT molecular complexity index is 341. The van der Waals surface area contributed by atoms with Gasteiger partial charge in [0.2, 0.25) is 0 Å². The van der Waals surface area contributed by atoms with Crippen molar-refractivity contribution in [3.63, 3.8) is 0 Å². The van der Waals surface area contributed by atoms with E-state index in [1.165, 1.54) is 16.2 Å². The molecule has 1 rings (SSSR count). The van der Waals surface area contributed by atoms with Crippen molar-refractivity contribution in [2.24, 2.45) is 0 Å². The molecule has 20 heavy (non-hydrogen) atoms. The normalized spacial score (nSPS) is 12.8. The smallest absolute Gasteiger partial charge is 0.0700 e. The highest BCUT2D eigenvalue weighted by Crippen LogP contribution is 2.19. The van der Waals surface area contributed by atoms with Gasteiger partial charge >= 0.3 is 0 Å². The number of methoxy groups -OCH3 is 1. The number of thiophene rings is 1. The number of hydrogen-bond acceptors (Lipinski definition) is 4. The molecule has 0 aliphatic rings. The van der Waals surface area contributed by atoms with Gasteiger partial charge in [-0.1, -0.05) is 13.8 Å². The summed E-state index contributed by atoms with van der Waals surface area (Å²) in [5.41, 5.74) is 0. The van der Waals surface area contributed by atoms with E-state index in [-0.39, 0.29) is 0 Å². The molecule has 1 aromatic rings. The molecule has 0 aromatic carbocycles. The standard InChI is InChI=1S/C16H29NO2S/c1-4-9-17-14(8-10-19-12-11-18-3)13-16-7-6-15(5-2)20-16/h6-7,14,17H,4-5,8-13H2,1-3H3. The van der Waals surface area contributed by atoms with Gasteiger partial charge in [0.1, 0.15) is 0 Å². The molecule has 0 amide bonds. The van der Waals surface area contributed by atoms with Crippen LogP contribution in [0, 0.1) is 0 Å². The summed E-state index contributed by atoms with van der Waals surface area (Å²) >= 11 is 1.94. The summed E-state index contributed by atoms with van der Waals surface area (Å²) in [7, 11) is 1.71. The predicted molar refractivity (Wildman–Crippen MR) is 86.8 cm³/mol. The number of ether oxygens (including phenoxy) is 2. The highest BCUT2D eigenvalue weighted by atomic mass is 32.1. The van der Waals surface area contributed by atoms with Crippen molar-refractivity contribution < 1.29 is 9.47 Å². The number of rotatable bonds is 12. The zero-order valence-corrected chi connectivity index (χ0v) is 13.9. The molecule has 1 N–H and O–H groups in total. The van der Waals surface area contributed by atoms with Crippen molar-refractivity contribution >= 4 is 11.3 Å². The zero-order chi connectivity index (χ0) is 14.6. The maximum atomic E-state index is 5.59. The van der Waals surface area contributed by atoms with Crippen LogP contribution in [0.15, 0.2) is 12.1 Å². The van der Waals surface area contributed by atoms with E-state index in [0.717, 1.165) is 32.4 Å². The second kappa shape index (κ2) is 11.3. The topological polar surface area (TPSA) is 30.5 Å². The van der Waals surface area contributed by atoms with Crippen LogP contribution >= 0.6 is 11.3 Å². The van der Waals surface area contributed by atoms with Crippen LogP contribution in [0.4, 0.5) is 0 Å². The fraction of sp³-hybridized carbons (Fsp3) is 0.750. The van der Waals surface area contributed by atoms with Crippen molar-refractivity contribution in [1.82, 2.24) is 5.32 Å². The molecule has 4 heteroatoms. The summed E-state index contributed by atoms with van der Waals surface area (Å²) in [6.07, 6.45) is 4.48. The Labute approximate surface area is 127 Å². The van der Waals surface area contributed by atoms with Crippen LogP contribution in [0.5, 0.6) is 0 Å². The van der Waals surface area contributed by atoms with Gasteiger partial charge in [-0.2, -0.15) is 0 Å². The van der Waals surface area contributed by atoms with E-state index in [4.69, 9.17) is 9.47 Å². The quantitative estimate of drug-likeness (QED) is 0.601. The molecule has 0 aliphatic heterocycles. The summed E-state index contributed by atoms with van der Waals surface area (Å²) in [5, 5.41) is 3.63. The van der Waals surface area contributed by atoms with Gasteiger partial charge in [-0.3, -0.25) is 0 Å². The molecule has 1 unspecified atom stereocenters. The lowest BCUT2D eigenvalue weighted by atomic mass is 10.1. The number of hydrogen-bond donors (Lipinski definition) is 1. The van der Waals surface area contributed by atoms with Crippen molar-refractivity contribution in [3.8, 4) is 0 Å². The minimum Gasteiger partial charge on any atom is -0.382 e. The van der Waals surface area contributed by atoms with Gasteiger partial charge in [-0.25, -0.2) is 0 Å². The molecule has 0 saturated carbocycles. The molecule has 3 nitrogen and oxygen atoms in total. The lowest BCUT2D eigenvalue weighted by Gasteiger charge is -2.18. The van der Waals surface area contributed by atoms with Crippen molar-refractivity contribution in [3.05, 3.63) is 21.9 Å². The van der Waals surface area contributed by atoms with Gasteiger partial charge in [0.25, 0.3) is 0 Å². The van der Waals surface area contributed by atoms with E-state index in [1.54, 1.807) is 7.11 Å². The van der Waals surface area contributed by atoms with Crippen LogP contribution in [-0.4, -0.2) is 39.5 Å². The largest absolute Gasteiger partial charge is 0.382 e. The van der Waals surface area contributed by atoms with Gasteiger partial charge < -0.3 is 14.8 Å². The Balaban J connectivity index is 2.34. The zero-order valence-electron chi connectivity index (χ0n) is 13.1. The Morgan fingerprint density at radius 1 is 1.15 bits per heavy atom. The fourth-order valence-electron chi connectivity index (χ4n) is 2.06. The molecular weight excluding hydrogens is 270 g/mol. The van der Waals surface area contributed by atoms with Crippen LogP contribution in [0.1, 0.15) is 36.4 Å². The Morgan fingerprint density at radius 2 is 1.95 bits per heavy atom. The number of aryl methyl sites for hydroxylation is 1. The second-order valence-corrected chi connectivity index (χ2v) is 6.22. The van der Waals surface area contributed by atoms with Gasteiger partial charge in [-0.15, -0.1) is 11.3 Å². The minimum atomic E-state index is 0.515. The molecule has 0 radical (unpaired) electrons. The van der Waals surface area contributed by atoms with Gasteiger partial charge in [-0.05, 0) is 44.4 Å². The van der Waals surface area contributed by atoms with E-state index in [9.17, 15) is 0 Å². The molecule has 1 aromatic heterocycles. The summed E-state index contributed by atoms with van der Waals surface area (Å²) in [5.74, 6) is 0. The lowest BCUT2D eigenvalue weighted by molar-refractivity contribution is 0.0658. The first kappa shape index (κ1) is 17.6. The van der Waals surface area contributed by atoms with Crippen molar-refractivity contribution in [1.29, 1.82) is 0 Å². The maximum Gasteiger partial charge on any atom is 0.0700 e. The molecule has 1 atom stereocenters. The highest BCUT2D eigenvalue weighted by Gasteiger charge is 2.10. The van der Waals surface area contributed by atoms with Crippen LogP contribution in [0.2, 0.25) is 0 Å². The maximum absolute atomic E-state index is 5.59. The van der Waals surface area contributed by atoms with Gasteiger partial charge in [0.15, 0.2) is 0 Å². The SMILES string of the molecule is CCCNC(CCOCCOC)Cc1ccc(CC)s1. The summed E-state index contributed by atoms with van der Waals surface area (Å²) in [4.78, 5) is 2.96. The molecule has 0 spiro atoms. The Kier molecular flexibility index (Phi) is 9.93. The van der Waals surface area contributed by atoms with Gasteiger partial charge in [0, 0.05) is 29.5 Å². The Hall–Kier alpha value is -0.420. The van der Waals surface area contributed by atoms with Crippen LogP contribution < -0.4 is 5.32 Å². The van der Waals surface area contributed by atoms with E-state index in [1.807, 2.05) is 11.3 Å². The second-order valence-electron chi connectivity index (χ2n) is 4.97. The first-order valence-corrected chi connectivity index (χ1v) is 8.49. The van der Waals surface area contributed by atoms with Crippen molar-refractivity contribution in [2.75, 3.05) is 33.5 Å². The van der Waals surface area contributed by atoms with Crippen LogP contribution in [-0.2, 0) is 22.3 Å². The molecule has 116 valence electrons. The molecule has 0 bridgehead atoms. The predicted octanol–water partition coefficient (Wildman–Crippen LogP) is 3.27. The van der Waals surface area contributed by atoms with E-state index in [0.29, 0.717) is 19.3 Å². The third-order valence-corrected chi connectivity index (χ3v) is 4.49. The summed E-state index contributed by atoms with van der Waals surface area (Å²) < 4.78 is 10.6. The third-order valence-electron chi connectivity index (χ3n) is 3.24. The molecule has 0 aliphatic carbocycles. The van der Waals surface area contributed by atoms with Crippen molar-refractivity contribution in [2.45, 2.75) is 45.6 Å². The Morgan fingerprint density at radius 3 is 2.60 bits per heavy atom.